The monoisotopic (exact) mass is 367 g/mol. The fraction of sp³-hybridized carbons (Fsp3) is 0.778. The average molecular weight is 367 g/mol. The predicted octanol–water partition coefficient (Wildman–Crippen LogP) is 1.05. The molecule has 8 nitrogen and oxygen atoms in total. The Morgan fingerprint density at radius 3 is 2.65 bits per heavy atom. The van der Waals surface area contributed by atoms with E-state index in [4.69, 9.17) is 4.74 Å². The topological polar surface area (TPSA) is 105 Å². The number of esters is 1. The normalized spacial score (nSPS) is 28.6. The predicted molar refractivity (Wildman–Crippen MR) is 94.0 cm³/mol. The maximum absolute atomic E-state index is 12.4. The zero-order chi connectivity index (χ0) is 19.3. The van der Waals surface area contributed by atoms with Crippen LogP contribution in [0.2, 0.25) is 0 Å². The summed E-state index contributed by atoms with van der Waals surface area (Å²) in [5.74, 6) is -0.867. The van der Waals surface area contributed by atoms with E-state index in [1.807, 2.05) is 4.90 Å². The molecule has 1 heterocycles. The molecule has 2 rings (SSSR count). The Balaban J connectivity index is 1.83. The highest BCUT2D eigenvalue weighted by atomic mass is 16.5. The first-order valence-electron chi connectivity index (χ1n) is 9.37. The van der Waals surface area contributed by atoms with E-state index in [-0.39, 0.29) is 18.4 Å². The van der Waals surface area contributed by atoms with Crippen molar-refractivity contribution >= 4 is 23.8 Å². The van der Waals surface area contributed by atoms with E-state index in [9.17, 15) is 19.2 Å². The highest BCUT2D eigenvalue weighted by Crippen LogP contribution is 2.35. The lowest BCUT2D eigenvalue weighted by Gasteiger charge is -2.39. The summed E-state index contributed by atoms with van der Waals surface area (Å²) in [6.07, 6.45) is 3.35. The van der Waals surface area contributed by atoms with Crippen LogP contribution in [-0.4, -0.2) is 54.5 Å². The third-order valence-corrected chi connectivity index (χ3v) is 5.49. The molecule has 2 N–H and O–H groups in total. The van der Waals surface area contributed by atoms with E-state index in [0.29, 0.717) is 24.9 Å². The molecule has 8 heteroatoms. The van der Waals surface area contributed by atoms with Crippen LogP contribution in [0.25, 0.3) is 0 Å². The minimum Gasteiger partial charge on any atom is -0.455 e. The van der Waals surface area contributed by atoms with Crippen molar-refractivity contribution in [2.45, 2.75) is 52.5 Å². The van der Waals surface area contributed by atoms with E-state index in [2.05, 4.69) is 24.5 Å². The van der Waals surface area contributed by atoms with Gasteiger partial charge in [0.1, 0.15) is 0 Å². The third-order valence-electron chi connectivity index (χ3n) is 5.49. The molecule has 146 valence electrons. The summed E-state index contributed by atoms with van der Waals surface area (Å²) in [7, 11) is 0. The summed E-state index contributed by atoms with van der Waals surface area (Å²) in [5, 5.41) is 4.48. The molecule has 1 saturated carbocycles. The molecule has 0 unspecified atom stereocenters. The number of amides is 4. The maximum atomic E-state index is 12.4. The van der Waals surface area contributed by atoms with E-state index in [1.165, 1.54) is 6.42 Å². The summed E-state index contributed by atoms with van der Waals surface area (Å²) >= 11 is 0. The molecule has 1 aliphatic carbocycles. The van der Waals surface area contributed by atoms with E-state index >= 15 is 0 Å². The standard InChI is InChI=1S/C18H29N3O5/c1-4-19-18(25)20-15(22)10-26-17(24)13-8-16(23)21(9-13)14-7-5-6-11(2)12(14)3/h11-14H,4-10H2,1-3H3,(H2,19,20,22,25)/t11-,12-,13+,14-/m0/s1. The zero-order valence-corrected chi connectivity index (χ0v) is 15.7. The first-order valence-corrected chi connectivity index (χ1v) is 9.37. The number of nitrogens with one attached hydrogen (secondary N) is 2. The Bertz CT molecular complexity index is 565. The van der Waals surface area contributed by atoms with Crippen LogP contribution in [0.5, 0.6) is 0 Å². The van der Waals surface area contributed by atoms with Crippen LogP contribution >= 0.6 is 0 Å². The average Bonchev–Trinajstić information content (AvgIpc) is 2.97. The molecule has 1 aliphatic heterocycles. The van der Waals surface area contributed by atoms with Gasteiger partial charge in [-0.25, -0.2) is 4.79 Å². The zero-order valence-electron chi connectivity index (χ0n) is 15.7. The first-order chi connectivity index (χ1) is 12.3. The number of ether oxygens (including phenoxy) is 1. The molecule has 0 aromatic rings. The summed E-state index contributed by atoms with van der Waals surface area (Å²) < 4.78 is 4.99. The summed E-state index contributed by atoms with van der Waals surface area (Å²) in [6, 6.07) is -0.457. The molecule has 0 spiro atoms. The van der Waals surface area contributed by atoms with Gasteiger partial charge in [-0.05, 0) is 25.2 Å². The van der Waals surface area contributed by atoms with Crippen LogP contribution in [0.1, 0.15) is 46.5 Å². The van der Waals surface area contributed by atoms with Gasteiger partial charge in [0.2, 0.25) is 5.91 Å². The lowest BCUT2D eigenvalue weighted by Crippen LogP contribution is -2.45. The second-order valence-electron chi connectivity index (χ2n) is 7.30. The van der Waals surface area contributed by atoms with Gasteiger partial charge in [0, 0.05) is 25.6 Å². The molecular formula is C18H29N3O5. The van der Waals surface area contributed by atoms with Gasteiger partial charge in [0.25, 0.3) is 5.91 Å². The largest absolute Gasteiger partial charge is 0.455 e. The number of carbonyl (C=O) groups excluding carboxylic acids is 4. The van der Waals surface area contributed by atoms with Crippen LogP contribution < -0.4 is 10.6 Å². The van der Waals surface area contributed by atoms with Gasteiger partial charge in [-0.2, -0.15) is 0 Å². The van der Waals surface area contributed by atoms with E-state index in [1.54, 1.807) is 6.92 Å². The highest BCUT2D eigenvalue weighted by molar-refractivity contribution is 5.96. The van der Waals surface area contributed by atoms with Gasteiger partial charge in [-0.3, -0.25) is 19.7 Å². The summed E-state index contributed by atoms with van der Waals surface area (Å²) in [4.78, 5) is 49.2. The van der Waals surface area contributed by atoms with Gasteiger partial charge >= 0.3 is 12.0 Å². The third kappa shape index (κ3) is 4.95. The molecule has 4 atom stereocenters. The second kappa shape index (κ2) is 9.00. The molecule has 0 aromatic carbocycles. The molecule has 4 amide bonds. The first kappa shape index (κ1) is 20.2. The van der Waals surface area contributed by atoms with Crippen molar-refractivity contribution in [2.75, 3.05) is 19.7 Å². The van der Waals surface area contributed by atoms with Crippen LogP contribution in [0.3, 0.4) is 0 Å². The van der Waals surface area contributed by atoms with Crippen molar-refractivity contribution in [1.82, 2.24) is 15.5 Å². The lowest BCUT2D eigenvalue weighted by atomic mass is 9.77. The quantitative estimate of drug-likeness (QED) is 0.707. The summed E-state index contributed by atoms with van der Waals surface area (Å²) in [5.41, 5.74) is 0. The number of nitrogens with zero attached hydrogens (tertiary/aromatic N) is 1. The maximum Gasteiger partial charge on any atom is 0.321 e. The number of likely N-dealkylation sites (tertiary alicyclic amines) is 1. The Labute approximate surface area is 154 Å². The van der Waals surface area contributed by atoms with Gasteiger partial charge < -0.3 is 15.0 Å². The van der Waals surface area contributed by atoms with Crippen LogP contribution in [0.4, 0.5) is 4.79 Å². The number of carbonyl (C=O) groups is 4. The molecule has 2 aliphatic rings. The second-order valence-corrected chi connectivity index (χ2v) is 7.30. The van der Waals surface area contributed by atoms with Crippen molar-refractivity contribution in [3.05, 3.63) is 0 Å². The molecular weight excluding hydrogens is 338 g/mol. The molecule has 0 bridgehead atoms. The van der Waals surface area contributed by atoms with Crippen LogP contribution in [-0.2, 0) is 19.1 Å². The Hall–Kier alpha value is -2.12. The number of rotatable bonds is 5. The number of hydrogen-bond acceptors (Lipinski definition) is 5. The minimum absolute atomic E-state index is 0.0234. The molecule has 0 radical (unpaired) electrons. The Morgan fingerprint density at radius 1 is 1.23 bits per heavy atom. The molecule has 26 heavy (non-hydrogen) atoms. The van der Waals surface area contributed by atoms with Crippen molar-refractivity contribution in [2.24, 2.45) is 17.8 Å². The van der Waals surface area contributed by atoms with Gasteiger partial charge in [-0.15, -0.1) is 0 Å². The molecule has 0 aromatic heterocycles. The van der Waals surface area contributed by atoms with E-state index in [0.717, 1.165) is 12.8 Å². The van der Waals surface area contributed by atoms with Crippen LogP contribution in [0.15, 0.2) is 0 Å². The lowest BCUT2D eigenvalue weighted by molar-refractivity contribution is -0.152. The van der Waals surface area contributed by atoms with Gasteiger partial charge in [0.15, 0.2) is 6.61 Å². The van der Waals surface area contributed by atoms with Crippen molar-refractivity contribution in [3.63, 3.8) is 0 Å². The van der Waals surface area contributed by atoms with Crippen LogP contribution in [0, 0.1) is 17.8 Å². The van der Waals surface area contributed by atoms with Crippen molar-refractivity contribution in [1.29, 1.82) is 0 Å². The Kier molecular flexibility index (Phi) is 6.99. The fourth-order valence-corrected chi connectivity index (χ4v) is 3.83. The molecule has 1 saturated heterocycles. The number of hydrogen-bond donors (Lipinski definition) is 2. The molecule has 2 fully saturated rings. The Morgan fingerprint density at radius 2 is 1.96 bits per heavy atom. The number of urea groups is 1. The van der Waals surface area contributed by atoms with Gasteiger partial charge in [0.05, 0.1) is 5.92 Å². The fourth-order valence-electron chi connectivity index (χ4n) is 3.83. The van der Waals surface area contributed by atoms with Crippen molar-refractivity contribution in [3.8, 4) is 0 Å². The summed E-state index contributed by atoms with van der Waals surface area (Å²) in [6.45, 7) is 6.29. The highest BCUT2D eigenvalue weighted by Gasteiger charge is 2.42. The van der Waals surface area contributed by atoms with Crippen molar-refractivity contribution < 1.29 is 23.9 Å². The van der Waals surface area contributed by atoms with Gasteiger partial charge in [-0.1, -0.05) is 26.7 Å². The number of imide groups is 1. The van der Waals surface area contributed by atoms with E-state index < -0.39 is 30.4 Å². The smallest absolute Gasteiger partial charge is 0.321 e. The minimum atomic E-state index is -0.694. The SMILES string of the molecule is CCNC(=O)NC(=O)COC(=O)[C@@H]1CC(=O)N([C@H]2CCC[C@H](C)[C@@H]2C)C1.